The molecule has 4 rings (SSSR count). The smallest absolute Gasteiger partial charge is 0.119 e. The van der Waals surface area contributed by atoms with E-state index in [9.17, 15) is 10.2 Å². The van der Waals surface area contributed by atoms with Crippen LogP contribution in [0.3, 0.4) is 0 Å². The van der Waals surface area contributed by atoms with Crippen LogP contribution in [0.5, 0.6) is 5.75 Å². The van der Waals surface area contributed by atoms with E-state index in [-0.39, 0.29) is 5.41 Å². The molecule has 0 aromatic heterocycles. The summed E-state index contributed by atoms with van der Waals surface area (Å²) in [5.74, 6) is 1.67. The first kappa shape index (κ1) is 11.5. The lowest BCUT2D eigenvalue weighted by Crippen LogP contribution is -2.44. The van der Waals surface area contributed by atoms with Crippen molar-refractivity contribution < 1.29 is 19.1 Å². The van der Waals surface area contributed by atoms with Gasteiger partial charge in [0.2, 0.25) is 0 Å². The molecule has 0 unspecified atom stereocenters. The molecule has 2 saturated carbocycles. The lowest BCUT2D eigenvalue weighted by atomic mass is 9.55. The molecule has 0 amide bonds. The maximum absolute atomic E-state index is 10.5. The third-order valence-corrected chi connectivity index (χ3v) is 6.79. The zero-order chi connectivity index (χ0) is 18.0. The van der Waals surface area contributed by atoms with E-state index < -0.39 is 19.2 Å². The highest BCUT2D eigenvalue weighted by atomic mass is 16.5. The van der Waals surface area contributed by atoms with Crippen LogP contribution in [0.1, 0.15) is 53.8 Å². The minimum atomic E-state index is -2.42. The van der Waals surface area contributed by atoms with Crippen LogP contribution in [0, 0.1) is 17.3 Å². The maximum atomic E-state index is 10.5. The molecular weight excluding hydrogens is 276 g/mol. The van der Waals surface area contributed by atoms with E-state index in [4.69, 9.17) is 8.85 Å². The predicted molar refractivity (Wildman–Crippen MR) is 85.0 cm³/mol. The summed E-state index contributed by atoms with van der Waals surface area (Å²) in [7, 11) is -2.42. The Morgan fingerprint density at radius 2 is 2.18 bits per heavy atom. The first-order chi connectivity index (χ1) is 11.7. The standard InChI is InChI=1S/C19H26O3/c1-19-8-7-14-13-6-4-12(22-2)9-11(13)3-5-15(14)16(19)10-17(20)18(19)21/h4,6,9,14-18,20-21H,3,5,7-8,10H2,1-2H3/t14-,15-,16+,17-,18+,19+/m1/s1/i2D3. The molecule has 0 aliphatic heterocycles. The third-order valence-electron chi connectivity index (χ3n) is 6.79. The van der Waals surface area contributed by atoms with Gasteiger partial charge in [-0.2, -0.15) is 0 Å². The predicted octanol–water partition coefficient (Wildman–Crippen LogP) is 2.88. The zero-order valence-corrected chi connectivity index (χ0v) is 13.0. The van der Waals surface area contributed by atoms with Crippen LogP contribution in [0.25, 0.3) is 0 Å². The van der Waals surface area contributed by atoms with Crippen LogP contribution in [0.4, 0.5) is 0 Å². The van der Waals surface area contributed by atoms with Crippen LogP contribution in [-0.4, -0.2) is 29.5 Å². The van der Waals surface area contributed by atoms with Crippen LogP contribution in [0.2, 0.25) is 0 Å². The first-order valence-corrected chi connectivity index (χ1v) is 8.37. The van der Waals surface area contributed by atoms with Gasteiger partial charge in [-0.25, -0.2) is 0 Å². The molecule has 1 aromatic carbocycles. The SMILES string of the molecule is [2H]C([2H])([2H])Oc1ccc2c(c1)CC[C@@H]1[C@@H]2CC[C@]2(C)[C@@H](O)[C@H](O)C[C@@H]12. The van der Waals surface area contributed by atoms with E-state index in [2.05, 4.69) is 6.92 Å². The molecule has 0 heterocycles. The van der Waals surface area contributed by atoms with Crippen molar-refractivity contribution in [1.29, 1.82) is 0 Å². The Morgan fingerprint density at radius 3 is 3.00 bits per heavy atom. The first-order valence-electron chi connectivity index (χ1n) is 9.87. The van der Waals surface area contributed by atoms with Crippen molar-refractivity contribution in [3.63, 3.8) is 0 Å². The van der Waals surface area contributed by atoms with Crippen LogP contribution in [-0.2, 0) is 6.42 Å². The third kappa shape index (κ3) is 1.88. The Morgan fingerprint density at radius 1 is 1.32 bits per heavy atom. The highest BCUT2D eigenvalue weighted by Crippen LogP contribution is 2.60. The molecule has 0 saturated heterocycles. The number of rotatable bonds is 1. The van der Waals surface area contributed by atoms with E-state index in [1.165, 1.54) is 11.1 Å². The average Bonchev–Trinajstić information content (AvgIpc) is 2.76. The second-order valence-electron chi connectivity index (χ2n) is 7.67. The fraction of sp³-hybridized carbons (Fsp3) is 0.684. The Kier molecular flexibility index (Phi) is 2.59. The number of methoxy groups -OCH3 is 1. The number of benzene rings is 1. The van der Waals surface area contributed by atoms with Crippen molar-refractivity contribution in [2.75, 3.05) is 7.04 Å². The largest absolute Gasteiger partial charge is 0.497 e. The van der Waals surface area contributed by atoms with E-state index in [0.29, 0.717) is 29.9 Å². The molecule has 3 heteroatoms. The minimum Gasteiger partial charge on any atom is -0.497 e. The van der Waals surface area contributed by atoms with Crippen molar-refractivity contribution in [3.8, 4) is 5.75 Å². The Bertz CT molecular complexity index is 674. The van der Waals surface area contributed by atoms with Gasteiger partial charge in [0.15, 0.2) is 0 Å². The Balaban J connectivity index is 1.62. The Hall–Kier alpha value is -1.06. The molecular formula is C19H26O3. The topological polar surface area (TPSA) is 49.7 Å². The molecule has 3 aliphatic rings. The highest BCUT2D eigenvalue weighted by Gasteiger charge is 2.57. The van der Waals surface area contributed by atoms with Crippen molar-refractivity contribution in [3.05, 3.63) is 29.3 Å². The van der Waals surface area contributed by atoms with Gasteiger partial charge in [-0.1, -0.05) is 13.0 Å². The second-order valence-corrected chi connectivity index (χ2v) is 7.67. The van der Waals surface area contributed by atoms with E-state index in [1.807, 2.05) is 12.1 Å². The summed E-state index contributed by atoms with van der Waals surface area (Å²) < 4.78 is 26.8. The molecule has 0 bridgehead atoms. The summed E-state index contributed by atoms with van der Waals surface area (Å²) in [6.45, 7) is 2.14. The summed E-state index contributed by atoms with van der Waals surface area (Å²) in [6.07, 6.45) is 3.31. The molecule has 0 radical (unpaired) electrons. The van der Waals surface area contributed by atoms with Crippen LogP contribution < -0.4 is 4.74 Å². The van der Waals surface area contributed by atoms with E-state index in [1.54, 1.807) is 6.07 Å². The van der Waals surface area contributed by atoms with Gasteiger partial charge in [0.25, 0.3) is 0 Å². The van der Waals surface area contributed by atoms with Gasteiger partial charge in [-0.15, -0.1) is 0 Å². The fourth-order valence-electron chi connectivity index (χ4n) is 5.61. The maximum Gasteiger partial charge on any atom is 0.119 e. The summed E-state index contributed by atoms with van der Waals surface area (Å²) in [5, 5.41) is 20.7. The Labute approximate surface area is 136 Å². The molecule has 1 aromatic rings. The van der Waals surface area contributed by atoms with Crippen LogP contribution >= 0.6 is 0 Å². The van der Waals surface area contributed by atoms with Gasteiger partial charge in [-0.3, -0.25) is 0 Å². The zero-order valence-electron chi connectivity index (χ0n) is 16.0. The molecule has 2 fully saturated rings. The van der Waals surface area contributed by atoms with Crippen molar-refractivity contribution in [1.82, 2.24) is 0 Å². The van der Waals surface area contributed by atoms with Crippen LogP contribution in [0.15, 0.2) is 18.2 Å². The summed E-state index contributed by atoms with van der Waals surface area (Å²) >= 11 is 0. The van der Waals surface area contributed by atoms with Gasteiger partial charge in [0, 0.05) is 0 Å². The van der Waals surface area contributed by atoms with E-state index in [0.717, 1.165) is 25.7 Å². The number of aliphatic hydroxyl groups excluding tert-OH is 2. The number of aliphatic hydroxyl groups is 2. The van der Waals surface area contributed by atoms with Gasteiger partial charge < -0.3 is 14.9 Å². The van der Waals surface area contributed by atoms with Gasteiger partial charge in [0.05, 0.1) is 23.4 Å². The highest BCUT2D eigenvalue weighted by molar-refractivity contribution is 5.40. The molecule has 2 N–H and O–H groups in total. The molecule has 3 nitrogen and oxygen atoms in total. The number of hydrogen-bond donors (Lipinski definition) is 2. The normalized spacial score (nSPS) is 45.8. The molecule has 120 valence electrons. The number of fused-ring (bicyclic) bond motifs is 5. The minimum absolute atomic E-state index is 0.178. The summed E-state index contributed by atoms with van der Waals surface area (Å²) in [6, 6.07) is 5.67. The number of hydrogen-bond acceptors (Lipinski definition) is 3. The second kappa shape index (κ2) is 4.97. The lowest BCUT2D eigenvalue weighted by molar-refractivity contribution is -0.0505. The molecule has 22 heavy (non-hydrogen) atoms. The number of aryl methyl sites for hydroxylation is 1. The fourth-order valence-corrected chi connectivity index (χ4v) is 5.61. The van der Waals surface area contributed by atoms with Crippen molar-refractivity contribution in [2.24, 2.45) is 17.3 Å². The quantitative estimate of drug-likeness (QED) is 0.839. The monoisotopic (exact) mass is 305 g/mol. The van der Waals surface area contributed by atoms with Gasteiger partial charge >= 0.3 is 0 Å². The number of ether oxygens (including phenoxy) is 1. The van der Waals surface area contributed by atoms with Gasteiger partial charge in [0.1, 0.15) is 5.75 Å². The van der Waals surface area contributed by atoms with E-state index >= 15 is 0 Å². The average molecular weight is 305 g/mol. The molecule has 0 spiro atoms. The van der Waals surface area contributed by atoms with Crippen molar-refractivity contribution >= 4 is 0 Å². The summed E-state index contributed by atoms with van der Waals surface area (Å²) in [4.78, 5) is 0. The molecule has 3 aliphatic carbocycles. The summed E-state index contributed by atoms with van der Waals surface area (Å²) in [5.41, 5.74) is 2.31. The van der Waals surface area contributed by atoms with Crippen molar-refractivity contribution in [2.45, 2.75) is 57.2 Å². The lowest BCUT2D eigenvalue weighted by Gasteiger charge is -2.49. The van der Waals surface area contributed by atoms with Gasteiger partial charge in [-0.05, 0) is 78.5 Å². The molecule has 6 atom stereocenters.